The van der Waals surface area contributed by atoms with Crippen molar-refractivity contribution >= 4 is 22.7 Å². The fourth-order valence-corrected chi connectivity index (χ4v) is 6.35. The molecule has 8 nitrogen and oxygen atoms in total. The van der Waals surface area contributed by atoms with Crippen LogP contribution in [0.4, 0.5) is 4.39 Å². The van der Waals surface area contributed by atoms with E-state index >= 15 is 4.39 Å². The zero-order valence-electron chi connectivity index (χ0n) is 24.6. The predicted octanol–water partition coefficient (Wildman–Crippen LogP) is 5.28. The maximum absolute atomic E-state index is 15.4. The molecule has 1 aromatic heterocycles. The Kier molecular flexibility index (Phi) is 8.86. The third-order valence-corrected chi connectivity index (χ3v) is 8.89. The number of ether oxygens (including phenoxy) is 1. The lowest BCUT2D eigenvalue weighted by molar-refractivity contribution is -0.135. The number of aromatic nitrogens is 1. The predicted molar refractivity (Wildman–Crippen MR) is 165 cm³/mol. The van der Waals surface area contributed by atoms with Crippen LogP contribution in [0.15, 0.2) is 78.9 Å². The molecule has 2 amide bonds. The summed E-state index contributed by atoms with van der Waals surface area (Å²) in [6.07, 6.45) is 4.02. The standard InChI is InChI=1S/C35H37FN4O4/c36-29-19-24(21-35(22-28(35)33(41)39-43)34(42)37-15-18-40-16-7-2-8-17-40)13-14-32(29)44-23-26-20-31(25-9-3-1-4-10-25)38-30-12-6-5-11-27(26)30/h1,3-6,9-14,19-20,28,43H,2,7-8,15-18,21-23H2,(H,37,42)(H,39,41). The number of hydroxylamine groups is 1. The first-order chi connectivity index (χ1) is 21.5. The van der Waals surface area contributed by atoms with E-state index in [0.717, 1.165) is 60.2 Å². The second-order valence-electron chi connectivity index (χ2n) is 11.8. The van der Waals surface area contributed by atoms with Crippen molar-refractivity contribution in [3.05, 3.63) is 95.8 Å². The molecule has 2 unspecified atom stereocenters. The van der Waals surface area contributed by atoms with Gasteiger partial charge in [0.15, 0.2) is 11.6 Å². The van der Waals surface area contributed by atoms with Gasteiger partial charge in [0.05, 0.1) is 22.5 Å². The highest BCUT2D eigenvalue weighted by molar-refractivity contribution is 5.95. The van der Waals surface area contributed by atoms with Crippen LogP contribution in [0, 0.1) is 17.2 Å². The zero-order valence-corrected chi connectivity index (χ0v) is 24.6. The molecule has 44 heavy (non-hydrogen) atoms. The molecule has 4 aromatic rings. The molecule has 2 atom stereocenters. The first-order valence-corrected chi connectivity index (χ1v) is 15.3. The molecule has 228 valence electrons. The van der Waals surface area contributed by atoms with Crippen molar-refractivity contribution in [3.63, 3.8) is 0 Å². The van der Waals surface area contributed by atoms with Gasteiger partial charge >= 0.3 is 0 Å². The Morgan fingerprint density at radius 2 is 1.77 bits per heavy atom. The Labute approximate surface area is 256 Å². The van der Waals surface area contributed by atoms with Crippen molar-refractivity contribution in [1.29, 1.82) is 0 Å². The summed E-state index contributed by atoms with van der Waals surface area (Å²) in [5.74, 6) is -1.98. The van der Waals surface area contributed by atoms with Gasteiger partial charge in [0.1, 0.15) is 6.61 Å². The van der Waals surface area contributed by atoms with Gasteiger partial charge < -0.3 is 15.0 Å². The summed E-state index contributed by atoms with van der Waals surface area (Å²) in [5, 5.41) is 13.2. The number of carbonyl (C=O) groups excluding carboxylic acids is 2. The van der Waals surface area contributed by atoms with E-state index in [-0.39, 0.29) is 31.1 Å². The zero-order chi connectivity index (χ0) is 30.5. The largest absolute Gasteiger partial charge is 0.486 e. The van der Waals surface area contributed by atoms with Gasteiger partial charge in [-0.15, -0.1) is 0 Å². The number of hydrogen-bond acceptors (Lipinski definition) is 6. The van der Waals surface area contributed by atoms with Crippen LogP contribution >= 0.6 is 0 Å². The third-order valence-electron chi connectivity index (χ3n) is 8.89. The maximum Gasteiger partial charge on any atom is 0.247 e. The van der Waals surface area contributed by atoms with Gasteiger partial charge in [-0.1, -0.05) is 61.0 Å². The van der Waals surface area contributed by atoms with Crippen LogP contribution in [0.3, 0.4) is 0 Å². The minimum atomic E-state index is -1.03. The number of likely N-dealkylation sites (tertiary alicyclic amines) is 1. The molecule has 0 spiro atoms. The van der Waals surface area contributed by atoms with Crippen LogP contribution in [0.1, 0.15) is 36.8 Å². The Morgan fingerprint density at radius 3 is 2.55 bits per heavy atom. The summed E-state index contributed by atoms with van der Waals surface area (Å²) in [6.45, 7) is 3.41. The molecule has 0 bridgehead atoms. The monoisotopic (exact) mass is 596 g/mol. The number of halogens is 1. The smallest absolute Gasteiger partial charge is 0.247 e. The summed E-state index contributed by atoms with van der Waals surface area (Å²) in [4.78, 5) is 32.8. The second kappa shape index (κ2) is 13.1. The Hall–Kier alpha value is -4.34. The molecule has 1 saturated carbocycles. The molecule has 6 rings (SSSR count). The average Bonchev–Trinajstić information content (AvgIpc) is 3.79. The lowest BCUT2D eigenvalue weighted by Gasteiger charge is -2.27. The van der Waals surface area contributed by atoms with Gasteiger partial charge in [-0.25, -0.2) is 14.9 Å². The highest BCUT2D eigenvalue weighted by atomic mass is 19.1. The highest BCUT2D eigenvalue weighted by Crippen LogP contribution is 2.55. The lowest BCUT2D eigenvalue weighted by Crippen LogP contribution is -2.42. The third kappa shape index (κ3) is 6.44. The molecular weight excluding hydrogens is 559 g/mol. The number of pyridine rings is 1. The molecule has 9 heteroatoms. The van der Waals surface area contributed by atoms with E-state index in [1.165, 1.54) is 12.5 Å². The number of benzene rings is 3. The average molecular weight is 597 g/mol. The fraction of sp³-hybridized carbons (Fsp3) is 0.343. The number of piperidine rings is 1. The normalized spacial score (nSPS) is 19.8. The molecular formula is C35H37FN4O4. The molecule has 3 N–H and O–H groups in total. The van der Waals surface area contributed by atoms with Gasteiger partial charge in [-0.2, -0.15) is 0 Å². The van der Waals surface area contributed by atoms with E-state index in [1.54, 1.807) is 17.6 Å². The van der Waals surface area contributed by atoms with Crippen molar-refractivity contribution in [2.45, 2.75) is 38.7 Å². The van der Waals surface area contributed by atoms with E-state index < -0.39 is 23.1 Å². The van der Waals surface area contributed by atoms with Gasteiger partial charge in [-0.3, -0.25) is 14.8 Å². The first-order valence-electron chi connectivity index (χ1n) is 15.3. The van der Waals surface area contributed by atoms with E-state index in [0.29, 0.717) is 12.1 Å². The maximum atomic E-state index is 15.4. The molecule has 1 saturated heterocycles. The summed E-state index contributed by atoms with van der Waals surface area (Å²) < 4.78 is 21.3. The second-order valence-corrected chi connectivity index (χ2v) is 11.8. The van der Waals surface area contributed by atoms with E-state index in [2.05, 4.69) is 10.2 Å². The summed E-state index contributed by atoms with van der Waals surface area (Å²) in [6, 6.07) is 24.3. The van der Waals surface area contributed by atoms with E-state index in [1.807, 2.05) is 60.7 Å². The van der Waals surface area contributed by atoms with Crippen LogP contribution in [0.25, 0.3) is 22.2 Å². The van der Waals surface area contributed by atoms with Crippen LogP contribution in [-0.4, -0.2) is 53.1 Å². The molecule has 2 aliphatic rings. The molecule has 3 aromatic carbocycles. The molecule has 2 fully saturated rings. The number of nitrogens with zero attached hydrogens (tertiary/aromatic N) is 2. The van der Waals surface area contributed by atoms with Crippen LogP contribution < -0.4 is 15.5 Å². The van der Waals surface area contributed by atoms with E-state index in [9.17, 15) is 14.8 Å². The van der Waals surface area contributed by atoms with Crippen molar-refractivity contribution < 1.29 is 23.9 Å². The summed E-state index contributed by atoms with van der Waals surface area (Å²) >= 11 is 0. The van der Waals surface area contributed by atoms with Gasteiger partial charge in [0.25, 0.3) is 0 Å². The summed E-state index contributed by atoms with van der Waals surface area (Å²) in [5.41, 5.74) is 4.73. The molecule has 1 aliphatic heterocycles. The number of para-hydroxylation sites is 1. The topological polar surface area (TPSA) is 104 Å². The quantitative estimate of drug-likeness (QED) is 0.161. The lowest BCUT2D eigenvalue weighted by atomic mass is 9.92. The van der Waals surface area contributed by atoms with Gasteiger partial charge in [0.2, 0.25) is 11.8 Å². The van der Waals surface area contributed by atoms with Crippen LogP contribution in [0.2, 0.25) is 0 Å². The van der Waals surface area contributed by atoms with Crippen LogP contribution in [-0.2, 0) is 22.6 Å². The van der Waals surface area contributed by atoms with Crippen molar-refractivity contribution in [1.82, 2.24) is 20.7 Å². The first kappa shape index (κ1) is 29.7. The highest BCUT2D eigenvalue weighted by Gasteiger charge is 2.63. The minimum Gasteiger partial charge on any atom is -0.486 e. The van der Waals surface area contributed by atoms with Crippen LogP contribution in [0.5, 0.6) is 5.75 Å². The summed E-state index contributed by atoms with van der Waals surface area (Å²) in [7, 11) is 0. The molecule has 1 aliphatic carbocycles. The van der Waals surface area contributed by atoms with Crippen molar-refractivity contribution in [2.75, 3.05) is 26.2 Å². The number of amides is 2. The van der Waals surface area contributed by atoms with Gasteiger partial charge in [-0.05, 0) is 68.6 Å². The number of fused-ring (bicyclic) bond motifs is 1. The number of carbonyl (C=O) groups is 2. The van der Waals surface area contributed by atoms with Gasteiger partial charge in [0, 0.05) is 29.6 Å². The Bertz CT molecular complexity index is 1640. The SMILES string of the molecule is O=C(NO)C1CC1(Cc1ccc(OCc2cc(-c3ccccc3)nc3ccccc23)c(F)c1)C(=O)NCCN1CCCCC1. The number of rotatable bonds is 11. The molecule has 0 radical (unpaired) electrons. The number of nitrogens with one attached hydrogen (secondary N) is 2. The Balaban J connectivity index is 1.15. The van der Waals surface area contributed by atoms with Crippen molar-refractivity contribution in [3.8, 4) is 17.0 Å². The Morgan fingerprint density at radius 1 is 1.00 bits per heavy atom. The number of hydrogen-bond donors (Lipinski definition) is 3. The fourth-order valence-electron chi connectivity index (χ4n) is 6.35. The minimum absolute atomic E-state index is 0.0939. The molecule has 2 heterocycles. The van der Waals surface area contributed by atoms with E-state index in [4.69, 9.17) is 9.72 Å². The van der Waals surface area contributed by atoms with Crippen molar-refractivity contribution in [2.24, 2.45) is 11.3 Å².